The summed E-state index contributed by atoms with van der Waals surface area (Å²) in [6.07, 6.45) is 2.05. The quantitative estimate of drug-likeness (QED) is 0.534. The third-order valence-corrected chi connectivity index (χ3v) is 5.15. The molecule has 1 amide bonds. The minimum atomic E-state index is -0.438. The maximum Gasteiger partial charge on any atom is 0.293 e. The maximum atomic E-state index is 12.6. The largest absolute Gasteiger partial charge is 0.379 e. The molecule has 2 N–H and O–H groups in total. The van der Waals surface area contributed by atoms with Gasteiger partial charge in [-0.15, -0.1) is 0 Å². The SMILES string of the molecule is CC(C)[C@H](CNC(=O)c1ccc(NC2CC2)c([N+](=O)[O-])c1)N1CCOCC1. The smallest absolute Gasteiger partial charge is 0.293 e. The number of carbonyl (C=O) groups excluding carboxylic acids is 1. The van der Waals surface area contributed by atoms with Crippen LogP contribution in [-0.4, -0.2) is 60.7 Å². The number of nitrogens with one attached hydrogen (secondary N) is 2. The minimum absolute atomic E-state index is 0.0526. The van der Waals surface area contributed by atoms with Crippen molar-refractivity contribution >= 4 is 17.3 Å². The van der Waals surface area contributed by atoms with E-state index in [2.05, 4.69) is 29.4 Å². The molecule has 1 saturated carbocycles. The van der Waals surface area contributed by atoms with E-state index in [1.165, 1.54) is 6.07 Å². The summed E-state index contributed by atoms with van der Waals surface area (Å²) in [5, 5.41) is 17.5. The molecule has 27 heavy (non-hydrogen) atoms. The molecular weight excluding hydrogens is 348 g/mol. The molecule has 1 aromatic carbocycles. The van der Waals surface area contributed by atoms with E-state index in [9.17, 15) is 14.9 Å². The Morgan fingerprint density at radius 2 is 2.04 bits per heavy atom. The lowest BCUT2D eigenvalue weighted by molar-refractivity contribution is -0.384. The van der Waals surface area contributed by atoms with Gasteiger partial charge in [0, 0.05) is 43.3 Å². The number of carbonyl (C=O) groups is 1. The van der Waals surface area contributed by atoms with Gasteiger partial charge in [0.1, 0.15) is 5.69 Å². The number of ether oxygens (including phenoxy) is 1. The molecule has 0 unspecified atom stereocenters. The summed E-state index contributed by atoms with van der Waals surface area (Å²) in [4.78, 5) is 25.8. The standard InChI is InChI=1S/C19H28N4O4/c1-13(2)18(22-7-9-27-10-8-22)12-20-19(24)14-3-6-16(21-15-4-5-15)17(11-14)23(25)26/h3,6,11,13,15,18,21H,4-5,7-10,12H2,1-2H3,(H,20,24)/t18-/m0/s1. The van der Waals surface area contributed by atoms with Crippen LogP contribution < -0.4 is 10.6 Å². The van der Waals surface area contributed by atoms with Crippen molar-refractivity contribution < 1.29 is 14.5 Å². The Bertz CT molecular complexity index is 684. The van der Waals surface area contributed by atoms with Gasteiger partial charge in [0.05, 0.1) is 18.1 Å². The lowest BCUT2D eigenvalue weighted by Crippen LogP contribution is -2.51. The molecule has 2 aliphatic rings. The lowest BCUT2D eigenvalue weighted by Gasteiger charge is -2.36. The van der Waals surface area contributed by atoms with Crippen LogP contribution in [-0.2, 0) is 4.74 Å². The van der Waals surface area contributed by atoms with Crippen molar-refractivity contribution in [3.8, 4) is 0 Å². The summed E-state index contributed by atoms with van der Waals surface area (Å²) in [7, 11) is 0. The first-order valence-electron chi connectivity index (χ1n) is 9.60. The van der Waals surface area contributed by atoms with Gasteiger partial charge in [-0.2, -0.15) is 0 Å². The molecule has 0 bridgehead atoms. The van der Waals surface area contributed by atoms with Gasteiger partial charge >= 0.3 is 0 Å². The average molecular weight is 376 g/mol. The number of nitrogens with zero attached hydrogens (tertiary/aromatic N) is 2. The molecule has 1 atom stereocenters. The summed E-state index contributed by atoms with van der Waals surface area (Å²) in [5.74, 6) is 0.0952. The van der Waals surface area contributed by atoms with Crippen LogP contribution in [0.3, 0.4) is 0 Å². The molecule has 3 rings (SSSR count). The first-order valence-corrected chi connectivity index (χ1v) is 9.60. The van der Waals surface area contributed by atoms with E-state index in [0.29, 0.717) is 43.0 Å². The zero-order valence-electron chi connectivity index (χ0n) is 15.9. The van der Waals surface area contributed by atoms with Gasteiger partial charge < -0.3 is 15.4 Å². The van der Waals surface area contributed by atoms with Gasteiger partial charge in [-0.05, 0) is 30.9 Å². The molecule has 8 nitrogen and oxygen atoms in total. The predicted octanol–water partition coefficient (Wildman–Crippen LogP) is 2.26. The summed E-state index contributed by atoms with van der Waals surface area (Å²) < 4.78 is 5.40. The Morgan fingerprint density at radius 3 is 2.63 bits per heavy atom. The van der Waals surface area contributed by atoms with Gasteiger partial charge in [-0.3, -0.25) is 19.8 Å². The maximum absolute atomic E-state index is 12.6. The predicted molar refractivity (Wildman–Crippen MR) is 103 cm³/mol. The highest BCUT2D eigenvalue weighted by Gasteiger charge is 2.27. The minimum Gasteiger partial charge on any atom is -0.379 e. The molecule has 0 aromatic heterocycles. The fraction of sp³-hybridized carbons (Fsp3) is 0.632. The van der Waals surface area contributed by atoms with Crippen LogP contribution in [0.5, 0.6) is 0 Å². The molecule has 8 heteroatoms. The van der Waals surface area contributed by atoms with Crippen LogP contribution in [0, 0.1) is 16.0 Å². The molecule has 1 aromatic rings. The number of hydrogen-bond donors (Lipinski definition) is 2. The number of amides is 1. The number of rotatable bonds is 8. The lowest BCUT2D eigenvalue weighted by atomic mass is 10.0. The summed E-state index contributed by atoms with van der Waals surface area (Å²) in [5.41, 5.74) is 0.739. The molecule has 1 aliphatic carbocycles. The molecule has 1 heterocycles. The van der Waals surface area contributed by atoms with E-state index < -0.39 is 4.92 Å². The molecule has 1 saturated heterocycles. The van der Waals surface area contributed by atoms with E-state index in [4.69, 9.17) is 4.74 Å². The summed E-state index contributed by atoms with van der Waals surface area (Å²) in [6.45, 7) is 7.90. The number of morpholine rings is 1. The van der Waals surface area contributed by atoms with E-state index in [-0.39, 0.29) is 17.6 Å². The third kappa shape index (κ3) is 5.17. The number of nitro groups is 1. The van der Waals surface area contributed by atoms with E-state index >= 15 is 0 Å². The van der Waals surface area contributed by atoms with Gasteiger partial charge in [0.2, 0.25) is 0 Å². The van der Waals surface area contributed by atoms with Gasteiger partial charge in [0.25, 0.3) is 11.6 Å². The fourth-order valence-corrected chi connectivity index (χ4v) is 3.39. The molecule has 0 spiro atoms. The van der Waals surface area contributed by atoms with E-state index in [0.717, 1.165) is 25.9 Å². The van der Waals surface area contributed by atoms with Crippen LogP contribution in [0.2, 0.25) is 0 Å². The molecule has 1 aliphatic heterocycles. The van der Waals surface area contributed by atoms with Crippen molar-refractivity contribution in [2.45, 2.75) is 38.8 Å². The third-order valence-electron chi connectivity index (χ3n) is 5.15. The van der Waals surface area contributed by atoms with Crippen molar-refractivity contribution in [3.63, 3.8) is 0 Å². The van der Waals surface area contributed by atoms with Crippen LogP contribution in [0.1, 0.15) is 37.0 Å². The summed E-state index contributed by atoms with van der Waals surface area (Å²) >= 11 is 0. The van der Waals surface area contributed by atoms with E-state index in [1.54, 1.807) is 12.1 Å². The van der Waals surface area contributed by atoms with Crippen molar-refractivity contribution in [1.29, 1.82) is 0 Å². The number of benzene rings is 1. The summed E-state index contributed by atoms with van der Waals surface area (Å²) in [6, 6.07) is 5.16. The second kappa shape index (κ2) is 8.67. The molecular formula is C19H28N4O4. The fourth-order valence-electron chi connectivity index (χ4n) is 3.39. The first kappa shape index (κ1) is 19.6. The molecule has 2 fully saturated rings. The van der Waals surface area contributed by atoms with Crippen molar-refractivity contribution in [3.05, 3.63) is 33.9 Å². The highest BCUT2D eigenvalue weighted by Crippen LogP contribution is 2.31. The van der Waals surface area contributed by atoms with Crippen LogP contribution in [0.25, 0.3) is 0 Å². The zero-order chi connectivity index (χ0) is 19.4. The van der Waals surface area contributed by atoms with Gasteiger partial charge in [-0.1, -0.05) is 13.8 Å². The number of hydrogen-bond acceptors (Lipinski definition) is 6. The second-order valence-electron chi connectivity index (χ2n) is 7.58. The Kier molecular flexibility index (Phi) is 6.28. The first-order chi connectivity index (χ1) is 13.0. The topological polar surface area (TPSA) is 96.7 Å². The highest BCUT2D eigenvalue weighted by molar-refractivity contribution is 5.95. The van der Waals surface area contributed by atoms with Crippen molar-refractivity contribution in [1.82, 2.24) is 10.2 Å². The Balaban J connectivity index is 1.65. The van der Waals surface area contributed by atoms with Crippen molar-refractivity contribution in [2.75, 3.05) is 38.2 Å². The average Bonchev–Trinajstić information content (AvgIpc) is 3.46. The van der Waals surface area contributed by atoms with Crippen LogP contribution in [0.15, 0.2) is 18.2 Å². The zero-order valence-corrected chi connectivity index (χ0v) is 15.9. The van der Waals surface area contributed by atoms with Crippen LogP contribution >= 0.6 is 0 Å². The van der Waals surface area contributed by atoms with E-state index in [1.807, 2.05) is 0 Å². The van der Waals surface area contributed by atoms with Crippen molar-refractivity contribution in [2.24, 2.45) is 5.92 Å². The highest BCUT2D eigenvalue weighted by atomic mass is 16.6. The van der Waals surface area contributed by atoms with Gasteiger partial charge in [-0.25, -0.2) is 0 Å². The second-order valence-corrected chi connectivity index (χ2v) is 7.58. The normalized spacial score (nSPS) is 18.9. The number of nitro benzene ring substituents is 1. The van der Waals surface area contributed by atoms with Crippen LogP contribution in [0.4, 0.5) is 11.4 Å². The molecule has 148 valence electrons. The Labute approximate surface area is 159 Å². The monoisotopic (exact) mass is 376 g/mol. The Hall–Kier alpha value is -2.19. The number of anilines is 1. The Morgan fingerprint density at radius 1 is 1.33 bits per heavy atom. The molecule has 0 radical (unpaired) electrons. The van der Waals surface area contributed by atoms with Gasteiger partial charge in [0.15, 0.2) is 0 Å².